The molecule has 0 fully saturated rings. The van der Waals surface area contributed by atoms with Crippen LogP contribution in [0.1, 0.15) is 29.9 Å². The van der Waals surface area contributed by atoms with Crippen LogP contribution in [0.5, 0.6) is 0 Å². The van der Waals surface area contributed by atoms with Crippen LogP contribution in [0.4, 0.5) is 0 Å². The Morgan fingerprint density at radius 1 is 1.00 bits per heavy atom. The Kier molecular flexibility index (Phi) is 6.44. The van der Waals surface area contributed by atoms with Crippen LogP contribution in [0.2, 0.25) is 0 Å². The Morgan fingerprint density at radius 3 is 2.48 bits per heavy atom. The van der Waals surface area contributed by atoms with Crippen LogP contribution in [0.3, 0.4) is 0 Å². The van der Waals surface area contributed by atoms with E-state index in [1.807, 2.05) is 56.3 Å². The van der Waals surface area contributed by atoms with Crippen molar-refractivity contribution in [2.24, 2.45) is 5.92 Å². The molecular weight excluding hydrogens is 368 g/mol. The number of carbonyl (C=O) groups is 3. The molecule has 2 aromatic carbocycles. The van der Waals surface area contributed by atoms with Gasteiger partial charge in [0.2, 0.25) is 11.7 Å². The third-order valence-corrected chi connectivity index (χ3v) is 4.71. The van der Waals surface area contributed by atoms with Crippen LogP contribution in [0.25, 0.3) is 10.8 Å². The van der Waals surface area contributed by atoms with E-state index >= 15 is 0 Å². The molecule has 2 N–H and O–H groups in total. The maximum atomic E-state index is 12.6. The zero-order chi connectivity index (χ0) is 20.8. The van der Waals surface area contributed by atoms with Gasteiger partial charge in [0.15, 0.2) is 6.61 Å². The Bertz CT molecular complexity index is 1000. The summed E-state index contributed by atoms with van der Waals surface area (Å²) >= 11 is 0. The summed E-state index contributed by atoms with van der Waals surface area (Å²) < 4.78 is 5.15. The fourth-order valence-electron chi connectivity index (χ4n) is 3.15. The second-order valence-corrected chi connectivity index (χ2v) is 7.22. The molecule has 0 spiro atoms. The minimum Gasteiger partial charge on any atom is -0.456 e. The molecular formula is C23H24N2O4. The SMILES string of the molecule is CC(C)C(NC(=O)Cc1cccc2ccccc12)C(=O)OCC(=O)c1ccc[nH]1. The number of ketones is 1. The lowest BCUT2D eigenvalue weighted by atomic mass is 10.0. The fourth-order valence-corrected chi connectivity index (χ4v) is 3.15. The van der Waals surface area contributed by atoms with Gasteiger partial charge in [0, 0.05) is 6.20 Å². The molecule has 6 nitrogen and oxygen atoms in total. The lowest BCUT2D eigenvalue weighted by Crippen LogP contribution is -2.46. The summed E-state index contributed by atoms with van der Waals surface area (Å²) in [6.07, 6.45) is 1.78. The predicted octanol–water partition coefficient (Wildman–Crippen LogP) is 3.28. The number of ether oxygens (including phenoxy) is 1. The molecule has 0 aliphatic carbocycles. The summed E-state index contributed by atoms with van der Waals surface area (Å²) in [6, 6.07) is 16.1. The van der Waals surface area contributed by atoms with E-state index in [1.165, 1.54) is 0 Å². The minimum absolute atomic E-state index is 0.152. The summed E-state index contributed by atoms with van der Waals surface area (Å²) in [7, 11) is 0. The topological polar surface area (TPSA) is 88.3 Å². The van der Waals surface area contributed by atoms with Gasteiger partial charge in [-0.1, -0.05) is 56.3 Å². The van der Waals surface area contributed by atoms with Gasteiger partial charge in [-0.15, -0.1) is 0 Å². The molecule has 29 heavy (non-hydrogen) atoms. The molecule has 0 aliphatic rings. The van der Waals surface area contributed by atoms with Crippen LogP contribution in [0, 0.1) is 5.92 Å². The number of aromatic nitrogens is 1. The van der Waals surface area contributed by atoms with Gasteiger partial charge >= 0.3 is 5.97 Å². The highest BCUT2D eigenvalue weighted by molar-refractivity contribution is 5.97. The molecule has 0 saturated carbocycles. The van der Waals surface area contributed by atoms with Crippen LogP contribution < -0.4 is 5.32 Å². The zero-order valence-corrected chi connectivity index (χ0v) is 16.5. The highest BCUT2D eigenvalue weighted by atomic mass is 16.5. The number of hydrogen-bond acceptors (Lipinski definition) is 4. The van der Waals surface area contributed by atoms with E-state index < -0.39 is 12.0 Å². The molecule has 0 bridgehead atoms. The molecule has 150 valence electrons. The first-order valence-corrected chi connectivity index (χ1v) is 9.55. The Balaban J connectivity index is 1.62. The molecule has 0 radical (unpaired) electrons. The van der Waals surface area contributed by atoms with Crippen molar-refractivity contribution in [3.8, 4) is 0 Å². The summed E-state index contributed by atoms with van der Waals surface area (Å²) in [6.45, 7) is 3.26. The van der Waals surface area contributed by atoms with Gasteiger partial charge in [-0.05, 0) is 34.4 Å². The number of aromatic amines is 1. The van der Waals surface area contributed by atoms with E-state index in [0.717, 1.165) is 16.3 Å². The van der Waals surface area contributed by atoms with Gasteiger partial charge in [0.1, 0.15) is 6.04 Å². The lowest BCUT2D eigenvalue weighted by Gasteiger charge is -2.21. The van der Waals surface area contributed by atoms with Crippen molar-refractivity contribution < 1.29 is 19.1 Å². The molecule has 6 heteroatoms. The van der Waals surface area contributed by atoms with Crippen molar-refractivity contribution in [2.45, 2.75) is 26.3 Å². The van der Waals surface area contributed by atoms with E-state index in [9.17, 15) is 14.4 Å². The number of H-pyrrole nitrogens is 1. The summed E-state index contributed by atoms with van der Waals surface area (Å²) in [5.74, 6) is -1.40. The van der Waals surface area contributed by atoms with Crippen molar-refractivity contribution in [3.63, 3.8) is 0 Å². The number of hydrogen-bond donors (Lipinski definition) is 2. The number of rotatable bonds is 8. The van der Waals surface area contributed by atoms with Crippen LogP contribution in [-0.2, 0) is 20.7 Å². The number of esters is 1. The molecule has 0 aliphatic heterocycles. The van der Waals surface area contributed by atoms with Gasteiger partial charge in [-0.25, -0.2) is 4.79 Å². The Labute approximate surface area is 169 Å². The molecule has 3 aromatic rings. The highest BCUT2D eigenvalue weighted by Gasteiger charge is 2.26. The predicted molar refractivity (Wildman–Crippen MR) is 111 cm³/mol. The van der Waals surface area contributed by atoms with Crippen molar-refractivity contribution >= 4 is 28.4 Å². The summed E-state index contributed by atoms with van der Waals surface area (Å²) in [5.41, 5.74) is 1.26. The maximum absolute atomic E-state index is 12.6. The minimum atomic E-state index is -0.825. The van der Waals surface area contributed by atoms with Gasteiger partial charge in [-0.2, -0.15) is 0 Å². The van der Waals surface area contributed by atoms with E-state index in [2.05, 4.69) is 10.3 Å². The van der Waals surface area contributed by atoms with Crippen molar-refractivity contribution in [1.82, 2.24) is 10.3 Å². The van der Waals surface area contributed by atoms with Crippen molar-refractivity contribution in [2.75, 3.05) is 6.61 Å². The number of amides is 1. The first-order valence-electron chi connectivity index (χ1n) is 9.55. The molecule has 1 amide bonds. The Hall–Kier alpha value is -3.41. The van der Waals surface area contributed by atoms with Gasteiger partial charge in [0.05, 0.1) is 12.1 Å². The third kappa shape index (κ3) is 5.10. The van der Waals surface area contributed by atoms with Crippen LogP contribution >= 0.6 is 0 Å². The van der Waals surface area contributed by atoms with E-state index in [-0.39, 0.29) is 30.6 Å². The highest BCUT2D eigenvalue weighted by Crippen LogP contribution is 2.19. The molecule has 1 heterocycles. The van der Waals surface area contributed by atoms with Crippen LogP contribution in [-0.4, -0.2) is 35.3 Å². The molecule has 3 rings (SSSR count). The monoisotopic (exact) mass is 392 g/mol. The smallest absolute Gasteiger partial charge is 0.329 e. The normalized spacial score (nSPS) is 12.0. The second kappa shape index (κ2) is 9.19. The quantitative estimate of drug-likeness (QED) is 0.455. The van der Waals surface area contributed by atoms with Crippen molar-refractivity contribution in [3.05, 3.63) is 72.1 Å². The van der Waals surface area contributed by atoms with Gasteiger partial charge in [0.25, 0.3) is 0 Å². The summed E-state index contributed by atoms with van der Waals surface area (Å²) in [5, 5.41) is 4.82. The third-order valence-electron chi connectivity index (χ3n) is 4.71. The average Bonchev–Trinajstić information content (AvgIpc) is 3.25. The van der Waals surface area contributed by atoms with E-state index in [4.69, 9.17) is 4.74 Å². The first-order chi connectivity index (χ1) is 14.0. The molecule has 0 saturated heterocycles. The van der Waals surface area contributed by atoms with E-state index in [0.29, 0.717) is 5.69 Å². The molecule has 1 unspecified atom stereocenters. The van der Waals surface area contributed by atoms with E-state index in [1.54, 1.807) is 18.3 Å². The number of fused-ring (bicyclic) bond motifs is 1. The maximum Gasteiger partial charge on any atom is 0.329 e. The standard InChI is InChI=1S/C23H24N2O4/c1-15(2)22(23(28)29-14-20(26)19-11-6-12-24-19)25-21(27)13-17-9-5-8-16-7-3-4-10-18(16)17/h3-12,15,22,24H,13-14H2,1-2H3,(H,25,27). The van der Waals surface area contributed by atoms with Crippen molar-refractivity contribution in [1.29, 1.82) is 0 Å². The fraction of sp³-hybridized carbons (Fsp3) is 0.261. The molecule has 1 atom stereocenters. The first kappa shape index (κ1) is 20.3. The second-order valence-electron chi connectivity index (χ2n) is 7.22. The number of nitrogens with one attached hydrogen (secondary N) is 2. The molecule has 1 aromatic heterocycles. The largest absolute Gasteiger partial charge is 0.456 e. The van der Waals surface area contributed by atoms with Gasteiger partial charge < -0.3 is 15.0 Å². The number of benzene rings is 2. The lowest BCUT2D eigenvalue weighted by molar-refractivity contribution is -0.148. The average molecular weight is 392 g/mol. The van der Waals surface area contributed by atoms with Crippen LogP contribution in [0.15, 0.2) is 60.8 Å². The van der Waals surface area contributed by atoms with Gasteiger partial charge in [-0.3, -0.25) is 9.59 Å². The zero-order valence-electron chi connectivity index (χ0n) is 16.5. The number of carbonyl (C=O) groups excluding carboxylic acids is 3. The summed E-state index contributed by atoms with van der Waals surface area (Å²) in [4.78, 5) is 39.8. The Morgan fingerprint density at radius 2 is 1.76 bits per heavy atom. The number of Topliss-reactive ketones (excluding diaryl/α,β-unsaturated/α-hetero) is 1.